The van der Waals surface area contributed by atoms with Crippen LogP contribution in [0.3, 0.4) is 0 Å². The number of fused-ring (bicyclic) bond motifs is 1. The van der Waals surface area contributed by atoms with E-state index in [2.05, 4.69) is 10.3 Å². The van der Waals surface area contributed by atoms with Crippen molar-refractivity contribution in [1.82, 2.24) is 15.2 Å². The number of hydrogen-bond acceptors (Lipinski definition) is 3. The van der Waals surface area contributed by atoms with Crippen molar-refractivity contribution in [2.45, 2.75) is 31.2 Å². The summed E-state index contributed by atoms with van der Waals surface area (Å²) in [6.07, 6.45) is 0.916. The Morgan fingerprint density at radius 3 is 2.44 bits per heavy atom. The molecule has 2 heterocycles. The Morgan fingerprint density at radius 1 is 1.03 bits per heavy atom. The molecule has 0 unspecified atom stereocenters. The zero-order valence-electron chi connectivity index (χ0n) is 18.4. The van der Waals surface area contributed by atoms with E-state index >= 15 is 0 Å². The molecule has 1 aliphatic heterocycles. The standard InChI is InChI=1S/C25H24F3N3O3/c26-16-3-1-14(2-4-16)24-23(19-11-17(27)12-20(28)25(19)30-24)15-9-18(10-15)29-21(32)13-22(33)31-5-7-34-8-6-31/h1-4,11-12,15,18,30H,5-10,13H2,(H,29,32). The fourth-order valence-corrected chi connectivity index (χ4v) is 4.82. The molecule has 1 aromatic heterocycles. The third-order valence-electron chi connectivity index (χ3n) is 6.58. The molecular formula is C25H24F3N3O3. The third-order valence-corrected chi connectivity index (χ3v) is 6.58. The molecule has 1 saturated carbocycles. The van der Waals surface area contributed by atoms with Crippen LogP contribution in [0.4, 0.5) is 13.2 Å². The van der Waals surface area contributed by atoms with Crippen LogP contribution in [-0.4, -0.2) is 54.0 Å². The number of morpholine rings is 1. The Labute approximate surface area is 194 Å². The van der Waals surface area contributed by atoms with Crippen LogP contribution in [0.15, 0.2) is 36.4 Å². The molecule has 1 aliphatic carbocycles. The van der Waals surface area contributed by atoms with Gasteiger partial charge >= 0.3 is 0 Å². The number of hydrogen-bond donors (Lipinski definition) is 2. The Morgan fingerprint density at radius 2 is 1.74 bits per heavy atom. The van der Waals surface area contributed by atoms with Crippen molar-refractivity contribution in [1.29, 1.82) is 0 Å². The summed E-state index contributed by atoms with van der Waals surface area (Å²) in [5, 5.41) is 3.33. The fraction of sp³-hybridized carbons (Fsp3) is 0.360. The maximum absolute atomic E-state index is 14.5. The maximum Gasteiger partial charge on any atom is 0.232 e. The molecule has 5 rings (SSSR count). The number of benzene rings is 2. The summed E-state index contributed by atoms with van der Waals surface area (Å²) >= 11 is 0. The highest BCUT2D eigenvalue weighted by Crippen LogP contribution is 2.45. The van der Waals surface area contributed by atoms with Crippen LogP contribution in [0.1, 0.15) is 30.7 Å². The number of H-pyrrole nitrogens is 1. The van der Waals surface area contributed by atoms with Gasteiger partial charge in [-0.1, -0.05) is 0 Å². The van der Waals surface area contributed by atoms with Gasteiger partial charge in [-0.05, 0) is 60.2 Å². The number of carbonyl (C=O) groups is 2. The molecule has 2 N–H and O–H groups in total. The highest BCUT2D eigenvalue weighted by molar-refractivity contribution is 5.97. The normalized spacial score (nSPS) is 20.3. The van der Waals surface area contributed by atoms with Gasteiger partial charge in [0.05, 0.1) is 24.4 Å². The molecule has 9 heteroatoms. The number of amides is 2. The Kier molecular flexibility index (Phi) is 6.03. The van der Waals surface area contributed by atoms with E-state index in [0.717, 1.165) is 11.6 Å². The van der Waals surface area contributed by atoms with Gasteiger partial charge in [0.1, 0.15) is 23.9 Å². The first-order valence-corrected chi connectivity index (χ1v) is 11.3. The Balaban J connectivity index is 1.32. The molecule has 178 valence electrons. The molecule has 2 aromatic carbocycles. The number of aromatic nitrogens is 1. The first kappa shape index (κ1) is 22.5. The number of rotatable bonds is 5. The van der Waals surface area contributed by atoms with Gasteiger partial charge in [-0.25, -0.2) is 13.2 Å². The van der Waals surface area contributed by atoms with E-state index in [0.29, 0.717) is 55.8 Å². The molecule has 2 amide bonds. The van der Waals surface area contributed by atoms with Gasteiger partial charge in [0, 0.05) is 30.6 Å². The summed E-state index contributed by atoms with van der Waals surface area (Å²) in [4.78, 5) is 29.3. The maximum atomic E-state index is 14.5. The van der Waals surface area contributed by atoms with Gasteiger partial charge < -0.3 is 19.9 Å². The van der Waals surface area contributed by atoms with Crippen LogP contribution >= 0.6 is 0 Å². The second-order valence-electron chi connectivity index (χ2n) is 8.83. The predicted molar refractivity (Wildman–Crippen MR) is 120 cm³/mol. The molecule has 34 heavy (non-hydrogen) atoms. The Bertz CT molecular complexity index is 1230. The Hall–Kier alpha value is -3.33. The van der Waals surface area contributed by atoms with Gasteiger partial charge in [0.25, 0.3) is 0 Å². The molecule has 0 spiro atoms. The largest absolute Gasteiger partial charge is 0.378 e. The minimum absolute atomic E-state index is 0.0600. The fourth-order valence-electron chi connectivity index (χ4n) is 4.82. The summed E-state index contributed by atoms with van der Waals surface area (Å²) in [6, 6.07) is 7.80. The van der Waals surface area contributed by atoms with Crippen molar-refractivity contribution in [3.63, 3.8) is 0 Å². The highest BCUT2D eigenvalue weighted by atomic mass is 19.1. The molecule has 2 aliphatic rings. The van der Waals surface area contributed by atoms with E-state index in [1.165, 1.54) is 18.2 Å². The van der Waals surface area contributed by atoms with E-state index < -0.39 is 17.5 Å². The van der Waals surface area contributed by atoms with E-state index in [9.17, 15) is 22.8 Å². The first-order valence-electron chi connectivity index (χ1n) is 11.3. The zero-order chi connectivity index (χ0) is 23.8. The third kappa shape index (κ3) is 4.40. The average Bonchev–Trinajstić information content (AvgIpc) is 3.16. The molecular weight excluding hydrogens is 447 g/mol. The summed E-state index contributed by atoms with van der Waals surface area (Å²) in [7, 11) is 0. The molecule has 0 radical (unpaired) electrons. The van der Waals surface area contributed by atoms with Crippen LogP contribution in [0.5, 0.6) is 0 Å². The van der Waals surface area contributed by atoms with Crippen molar-refractivity contribution >= 4 is 22.7 Å². The van der Waals surface area contributed by atoms with Crippen molar-refractivity contribution < 1.29 is 27.5 Å². The second kappa shape index (κ2) is 9.13. The topological polar surface area (TPSA) is 74.4 Å². The SMILES string of the molecule is O=C(CC(=O)N1CCOCC1)NC1CC(c2c(-c3ccc(F)cc3)[nH]c3c(F)cc(F)cc23)C1. The van der Waals surface area contributed by atoms with Crippen molar-refractivity contribution in [2.75, 3.05) is 26.3 Å². The lowest BCUT2D eigenvalue weighted by molar-refractivity contribution is -0.139. The van der Waals surface area contributed by atoms with E-state index in [4.69, 9.17) is 4.74 Å². The van der Waals surface area contributed by atoms with E-state index in [1.807, 2.05) is 0 Å². The quantitative estimate of drug-likeness (QED) is 0.555. The van der Waals surface area contributed by atoms with E-state index in [-0.39, 0.29) is 35.7 Å². The molecule has 1 saturated heterocycles. The van der Waals surface area contributed by atoms with Gasteiger partial charge in [-0.3, -0.25) is 9.59 Å². The number of nitrogens with zero attached hydrogens (tertiary/aromatic N) is 1. The first-order chi connectivity index (χ1) is 16.4. The summed E-state index contributed by atoms with van der Waals surface area (Å²) in [5.41, 5.74) is 2.21. The number of halogens is 3. The number of aromatic amines is 1. The van der Waals surface area contributed by atoms with Crippen LogP contribution in [0.25, 0.3) is 22.2 Å². The monoisotopic (exact) mass is 471 g/mol. The van der Waals surface area contributed by atoms with Gasteiger partial charge in [-0.15, -0.1) is 0 Å². The molecule has 3 aromatic rings. The molecule has 6 nitrogen and oxygen atoms in total. The highest BCUT2D eigenvalue weighted by Gasteiger charge is 2.36. The van der Waals surface area contributed by atoms with E-state index in [1.54, 1.807) is 17.0 Å². The molecule has 0 bridgehead atoms. The lowest BCUT2D eigenvalue weighted by atomic mass is 9.74. The van der Waals surface area contributed by atoms with Crippen molar-refractivity contribution in [3.05, 3.63) is 59.4 Å². The summed E-state index contributed by atoms with van der Waals surface area (Å²) in [5.74, 6) is -2.39. The van der Waals surface area contributed by atoms with Crippen molar-refractivity contribution in [2.24, 2.45) is 0 Å². The number of carbonyl (C=O) groups excluding carboxylic acids is 2. The zero-order valence-corrected chi connectivity index (χ0v) is 18.4. The summed E-state index contributed by atoms with van der Waals surface area (Å²) in [6.45, 7) is 1.91. The van der Waals surface area contributed by atoms with Gasteiger partial charge in [0.2, 0.25) is 11.8 Å². The van der Waals surface area contributed by atoms with Gasteiger partial charge in [-0.2, -0.15) is 0 Å². The van der Waals surface area contributed by atoms with Crippen LogP contribution in [0.2, 0.25) is 0 Å². The lowest BCUT2D eigenvalue weighted by Crippen LogP contribution is -2.46. The lowest BCUT2D eigenvalue weighted by Gasteiger charge is -2.36. The minimum Gasteiger partial charge on any atom is -0.378 e. The number of ether oxygens (including phenoxy) is 1. The average molecular weight is 471 g/mol. The minimum atomic E-state index is -0.699. The van der Waals surface area contributed by atoms with Crippen molar-refractivity contribution in [3.8, 4) is 11.3 Å². The second-order valence-corrected chi connectivity index (χ2v) is 8.83. The predicted octanol–water partition coefficient (Wildman–Crippen LogP) is 3.86. The van der Waals surface area contributed by atoms with Crippen LogP contribution in [0, 0.1) is 17.5 Å². The summed E-state index contributed by atoms with van der Waals surface area (Å²) < 4.78 is 47.2. The van der Waals surface area contributed by atoms with Gasteiger partial charge in [0.15, 0.2) is 0 Å². The smallest absolute Gasteiger partial charge is 0.232 e. The molecule has 0 atom stereocenters. The number of nitrogens with one attached hydrogen (secondary N) is 2. The molecule has 2 fully saturated rings. The van der Waals surface area contributed by atoms with Crippen LogP contribution < -0.4 is 5.32 Å². The van der Waals surface area contributed by atoms with Crippen LogP contribution in [-0.2, 0) is 14.3 Å².